The molecule has 1 aliphatic rings. The Hall–Kier alpha value is -9.38. The monoisotopic (exact) mass is 986 g/mol. The maximum atomic E-state index is 2.61. The molecule has 0 bridgehead atoms. The molecule has 4 aromatic heterocycles. The first-order valence-corrected chi connectivity index (χ1v) is 27.1. The molecule has 0 saturated carbocycles. The number of hydrogen-bond donors (Lipinski definition) is 0. The van der Waals surface area contributed by atoms with Crippen LogP contribution in [0, 0.1) is 0 Å². The molecule has 5 heterocycles. The lowest BCUT2D eigenvalue weighted by Gasteiger charge is -2.38. The molecule has 11 aromatic carbocycles. The van der Waals surface area contributed by atoms with Crippen LogP contribution in [0.15, 0.2) is 237 Å². The summed E-state index contributed by atoms with van der Waals surface area (Å²) in [5.41, 5.74) is 22.7. The number of anilines is 6. The molecule has 0 amide bonds. The van der Waals surface area contributed by atoms with Crippen LogP contribution >= 0.6 is 0 Å². The Bertz CT molecular complexity index is 4850. The van der Waals surface area contributed by atoms with Crippen LogP contribution in [0.25, 0.3) is 98.4 Å². The van der Waals surface area contributed by atoms with Gasteiger partial charge in [-0.25, -0.2) is 0 Å². The third-order valence-corrected chi connectivity index (χ3v) is 17.2. The van der Waals surface area contributed by atoms with Crippen LogP contribution in [-0.4, -0.2) is 8.80 Å². The first-order valence-electron chi connectivity index (χ1n) is 27.1. The van der Waals surface area contributed by atoms with Crippen molar-refractivity contribution in [2.75, 3.05) is 9.80 Å². The molecule has 4 heteroatoms. The lowest BCUT2D eigenvalue weighted by molar-refractivity contribution is 0.591. The first kappa shape index (κ1) is 44.0. The molecular weight excluding hydrogens is 933 g/mol. The van der Waals surface area contributed by atoms with Gasteiger partial charge in [-0.05, 0) is 93.9 Å². The molecule has 4 nitrogen and oxygen atoms in total. The molecule has 0 radical (unpaired) electrons. The zero-order valence-electron chi connectivity index (χ0n) is 43.8. The second kappa shape index (κ2) is 15.8. The molecule has 366 valence electrons. The number of hydrogen-bond acceptors (Lipinski definition) is 2. The molecular formula is C73H54N4. The van der Waals surface area contributed by atoms with Crippen LogP contribution in [0.4, 0.5) is 34.1 Å². The van der Waals surface area contributed by atoms with E-state index in [1.807, 2.05) is 0 Å². The molecule has 16 rings (SSSR count). The number of fused-ring (bicyclic) bond motifs is 11. The van der Waals surface area contributed by atoms with Gasteiger partial charge in [-0.1, -0.05) is 211 Å². The summed E-state index contributed by atoms with van der Waals surface area (Å²) in [4.78, 5) is 5.13. The van der Waals surface area contributed by atoms with Gasteiger partial charge in [-0.3, -0.25) is 0 Å². The van der Waals surface area contributed by atoms with Crippen molar-refractivity contribution >= 4 is 110 Å². The highest BCUT2D eigenvalue weighted by Gasteiger charge is 2.38. The maximum absolute atomic E-state index is 2.61. The van der Waals surface area contributed by atoms with Gasteiger partial charge >= 0.3 is 0 Å². The number of aromatic nitrogens is 2. The van der Waals surface area contributed by atoms with Gasteiger partial charge in [0.15, 0.2) is 0 Å². The third-order valence-electron chi connectivity index (χ3n) is 17.2. The van der Waals surface area contributed by atoms with Crippen LogP contribution < -0.4 is 9.80 Å². The summed E-state index contributed by atoms with van der Waals surface area (Å²) < 4.78 is 5.19. The van der Waals surface area contributed by atoms with E-state index < -0.39 is 0 Å². The maximum Gasteiger partial charge on any atom is 0.0641 e. The smallest absolute Gasteiger partial charge is 0.0641 e. The van der Waals surface area contributed by atoms with E-state index >= 15 is 0 Å². The van der Waals surface area contributed by atoms with Gasteiger partial charge in [0.2, 0.25) is 0 Å². The molecule has 0 spiro atoms. The fourth-order valence-corrected chi connectivity index (χ4v) is 13.9. The summed E-state index contributed by atoms with van der Waals surface area (Å²) in [5.74, 6) is 0. The molecule has 0 N–H and O–H groups in total. The van der Waals surface area contributed by atoms with E-state index in [-0.39, 0.29) is 10.8 Å². The fraction of sp³-hybridized carbons (Fsp3) is 0.0959. The highest BCUT2D eigenvalue weighted by Crippen LogP contribution is 2.57. The van der Waals surface area contributed by atoms with Crippen molar-refractivity contribution in [1.29, 1.82) is 0 Å². The second-order valence-corrected chi connectivity index (χ2v) is 22.8. The molecule has 1 aliphatic heterocycles. The Morgan fingerprint density at radius 2 is 0.948 bits per heavy atom. The highest BCUT2D eigenvalue weighted by atomic mass is 15.2. The fourth-order valence-electron chi connectivity index (χ4n) is 13.9. The number of nitrogens with zero attached hydrogens (tertiary/aromatic N) is 4. The standard InChI is InChI=1S/C73H54N4/c1-72(2,3)57-35-20-32-49(45-23-10-6-11-24-45)68(57)74(47-27-14-8-15-28-47)61-41-39-51-54-44-64-55(43-63(54)76-59-37-19-18-31-53(59)65(61)70(51)76)52-40-42-62-67-66-56(34-22-38-60(66)77(64)71(52)67)73(4,5)58-36-21-33-50(46-25-12-7-13-26-46)69(58)75(62)48-29-16-9-17-30-48/h6-44H,1-5H3. The zero-order chi connectivity index (χ0) is 51.5. The van der Waals surface area contributed by atoms with Crippen LogP contribution in [0.2, 0.25) is 0 Å². The van der Waals surface area contributed by atoms with Crippen molar-refractivity contribution in [2.45, 2.75) is 45.4 Å². The Morgan fingerprint density at radius 1 is 0.403 bits per heavy atom. The minimum atomic E-state index is -0.361. The van der Waals surface area contributed by atoms with Gasteiger partial charge < -0.3 is 18.6 Å². The molecule has 15 aromatic rings. The minimum Gasteiger partial charge on any atom is -0.309 e. The lowest BCUT2D eigenvalue weighted by Crippen LogP contribution is -2.25. The molecule has 0 unspecified atom stereocenters. The first-order chi connectivity index (χ1) is 37.7. The SMILES string of the molecule is CC(C)(C)c1cccc(-c2ccccc2)c1N(c1ccccc1)c1ccc2c3cc4c(cc3n3c5ccccc5c1c23)c1ccc2c3c5c(cccc5n4c13)C(C)(C)c1cccc(-c3ccccc3)c1N2c1ccccc1. The predicted molar refractivity (Wildman–Crippen MR) is 327 cm³/mol. The van der Waals surface area contributed by atoms with Gasteiger partial charge in [0, 0.05) is 71.0 Å². The van der Waals surface area contributed by atoms with E-state index in [1.54, 1.807) is 0 Å². The Labute approximate surface area is 447 Å². The summed E-state index contributed by atoms with van der Waals surface area (Å²) in [5, 5.41) is 10.1. The summed E-state index contributed by atoms with van der Waals surface area (Å²) >= 11 is 0. The van der Waals surface area contributed by atoms with Gasteiger partial charge in [0.1, 0.15) is 0 Å². The van der Waals surface area contributed by atoms with Gasteiger partial charge in [0.25, 0.3) is 0 Å². The second-order valence-electron chi connectivity index (χ2n) is 22.8. The summed E-state index contributed by atoms with van der Waals surface area (Å²) in [6.07, 6.45) is 0. The van der Waals surface area contributed by atoms with Crippen molar-refractivity contribution in [3.63, 3.8) is 0 Å². The molecule has 0 saturated heterocycles. The summed E-state index contributed by atoms with van der Waals surface area (Å²) in [7, 11) is 0. The van der Waals surface area contributed by atoms with Crippen LogP contribution in [-0.2, 0) is 10.8 Å². The van der Waals surface area contributed by atoms with Crippen molar-refractivity contribution in [1.82, 2.24) is 8.80 Å². The summed E-state index contributed by atoms with van der Waals surface area (Å²) in [6, 6.07) is 88.5. The molecule has 0 aliphatic carbocycles. The van der Waals surface area contributed by atoms with Crippen molar-refractivity contribution < 1.29 is 0 Å². The summed E-state index contributed by atoms with van der Waals surface area (Å²) in [6.45, 7) is 11.9. The molecule has 0 atom stereocenters. The number of benzene rings is 11. The topological polar surface area (TPSA) is 15.3 Å². The Morgan fingerprint density at radius 3 is 1.65 bits per heavy atom. The Kier molecular flexibility index (Phi) is 9.04. The van der Waals surface area contributed by atoms with Gasteiger partial charge in [-0.2, -0.15) is 0 Å². The van der Waals surface area contributed by atoms with Crippen molar-refractivity contribution in [2.24, 2.45) is 0 Å². The van der Waals surface area contributed by atoms with E-state index in [4.69, 9.17) is 0 Å². The van der Waals surface area contributed by atoms with Crippen molar-refractivity contribution in [3.8, 4) is 22.3 Å². The van der Waals surface area contributed by atoms with Crippen LogP contribution in [0.3, 0.4) is 0 Å². The number of rotatable bonds is 6. The minimum absolute atomic E-state index is 0.154. The van der Waals surface area contributed by atoms with Gasteiger partial charge in [0.05, 0.1) is 55.8 Å². The normalized spacial score (nSPS) is 13.6. The largest absolute Gasteiger partial charge is 0.309 e. The van der Waals surface area contributed by atoms with E-state index in [2.05, 4.69) is 290 Å². The van der Waals surface area contributed by atoms with E-state index in [9.17, 15) is 0 Å². The van der Waals surface area contributed by atoms with Crippen LogP contribution in [0.5, 0.6) is 0 Å². The van der Waals surface area contributed by atoms with Gasteiger partial charge in [-0.15, -0.1) is 0 Å². The Balaban J connectivity index is 1.01. The molecule has 0 fully saturated rings. The highest BCUT2D eigenvalue weighted by molar-refractivity contribution is 6.33. The lowest BCUT2D eigenvalue weighted by atomic mass is 9.73. The van der Waals surface area contributed by atoms with Crippen molar-refractivity contribution in [3.05, 3.63) is 253 Å². The molecule has 77 heavy (non-hydrogen) atoms. The predicted octanol–water partition coefficient (Wildman–Crippen LogP) is 20.2. The van der Waals surface area contributed by atoms with E-state index in [1.165, 1.54) is 132 Å². The van der Waals surface area contributed by atoms with E-state index in [0.29, 0.717) is 0 Å². The average Bonchev–Trinajstić information content (AvgIpc) is 4.33. The van der Waals surface area contributed by atoms with E-state index in [0.717, 1.165) is 17.1 Å². The van der Waals surface area contributed by atoms with Crippen LogP contribution in [0.1, 0.15) is 51.3 Å². The zero-order valence-corrected chi connectivity index (χ0v) is 43.8. The average molecular weight is 987 g/mol. The quantitative estimate of drug-likeness (QED) is 0.165. The number of para-hydroxylation sites is 5. The third kappa shape index (κ3) is 5.98.